The Kier molecular flexibility index (Phi) is 6.79. The summed E-state index contributed by atoms with van der Waals surface area (Å²) in [5.74, 6) is -0.542. The van der Waals surface area contributed by atoms with E-state index in [1.807, 2.05) is 25.1 Å². The maximum absolute atomic E-state index is 12.8. The quantitative estimate of drug-likeness (QED) is 0.515. The number of amides is 2. The van der Waals surface area contributed by atoms with E-state index in [2.05, 4.69) is 10.6 Å². The van der Waals surface area contributed by atoms with Crippen LogP contribution in [0.25, 0.3) is 6.08 Å². The molecule has 0 unspecified atom stereocenters. The first-order chi connectivity index (χ1) is 16.3. The van der Waals surface area contributed by atoms with Crippen LogP contribution < -0.4 is 14.9 Å². The summed E-state index contributed by atoms with van der Waals surface area (Å²) in [7, 11) is -3.23. The smallest absolute Gasteiger partial charge is 0.257 e. The van der Waals surface area contributed by atoms with E-state index < -0.39 is 10.0 Å². The van der Waals surface area contributed by atoms with Crippen LogP contribution in [0.15, 0.2) is 78.9 Å². The highest BCUT2D eigenvalue weighted by Crippen LogP contribution is 2.24. The molecular formula is C26H25N3O4S. The van der Waals surface area contributed by atoms with Crippen LogP contribution in [0.3, 0.4) is 0 Å². The van der Waals surface area contributed by atoms with Gasteiger partial charge in [-0.2, -0.15) is 0 Å². The van der Waals surface area contributed by atoms with Crippen molar-refractivity contribution in [3.8, 4) is 0 Å². The average molecular weight is 476 g/mol. The number of hydrogen-bond acceptors (Lipinski definition) is 4. The number of carbonyl (C=O) groups is 2. The molecule has 0 spiro atoms. The van der Waals surface area contributed by atoms with E-state index in [0.29, 0.717) is 35.6 Å². The molecule has 4 rings (SSSR count). The van der Waals surface area contributed by atoms with Crippen LogP contribution in [-0.4, -0.2) is 32.5 Å². The molecule has 1 heterocycles. The summed E-state index contributed by atoms with van der Waals surface area (Å²) in [6.07, 6.45) is 3.62. The van der Waals surface area contributed by atoms with Gasteiger partial charge in [-0.05, 0) is 66.9 Å². The van der Waals surface area contributed by atoms with Gasteiger partial charge in [-0.1, -0.05) is 36.4 Å². The highest BCUT2D eigenvalue weighted by molar-refractivity contribution is 7.93. The van der Waals surface area contributed by atoms with E-state index >= 15 is 0 Å². The van der Waals surface area contributed by atoms with E-state index in [-0.39, 0.29) is 17.6 Å². The van der Waals surface area contributed by atoms with Crippen molar-refractivity contribution in [2.75, 3.05) is 27.2 Å². The third kappa shape index (κ3) is 5.52. The molecule has 0 saturated carbocycles. The molecule has 0 radical (unpaired) electrons. The molecule has 0 aliphatic carbocycles. The summed E-state index contributed by atoms with van der Waals surface area (Å²) < 4.78 is 25.5. The molecule has 0 atom stereocenters. The SMILES string of the molecule is Cc1cccc(NC(=O)c2ccccc2NC(=O)/C=C/c2ccc(N3CCCS3(=O)=O)cc2)c1. The van der Waals surface area contributed by atoms with Gasteiger partial charge in [0.1, 0.15) is 0 Å². The molecule has 0 bridgehead atoms. The van der Waals surface area contributed by atoms with E-state index in [1.165, 1.54) is 10.4 Å². The van der Waals surface area contributed by atoms with Crippen molar-refractivity contribution in [3.63, 3.8) is 0 Å². The van der Waals surface area contributed by atoms with Crippen LogP contribution in [0, 0.1) is 6.92 Å². The van der Waals surface area contributed by atoms with Gasteiger partial charge in [0.2, 0.25) is 15.9 Å². The summed E-state index contributed by atoms with van der Waals surface area (Å²) in [4.78, 5) is 25.3. The van der Waals surface area contributed by atoms with Gasteiger partial charge in [-0.3, -0.25) is 13.9 Å². The standard InChI is InChI=1S/C26H25N3O4S/c1-19-6-4-7-21(18-19)27-26(31)23-8-2-3-9-24(23)28-25(30)15-12-20-10-13-22(14-11-20)29-16-5-17-34(29,32)33/h2-4,6-15,18H,5,16-17H2,1H3,(H,27,31)(H,28,30)/b15-12+. The van der Waals surface area contributed by atoms with Crippen molar-refractivity contribution >= 4 is 45.0 Å². The van der Waals surface area contributed by atoms with Crippen molar-refractivity contribution in [1.82, 2.24) is 0 Å². The van der Waals surface area contributed by atoms with Crippen LogP contribution in [-0.2, 0) is 14.8 Å². The second-order valence-corrected chi connectivity index (χ2v) is 10.0. The van der Waals surface area contributed by atoms with Crippen molar-refractivity contribution in [1.29, 1.82) is 0 Å². The van der Waals surface area contributed by atoms with Crippen LogP contribution >= 0.6 is 0 Å². The summed E-state index contributed by atoms with van der Waals surface area (Å²) in [5, 5.41) is 5.60. The molecule has 3 aromatic carbocycles. The zero-order valence-corrected chi connectivity index (χ0v) is 19.5. The Morgan fingerprint density at radius 3 is 2.41 bits per heavy atom. The number of sulfonamides is 1. The molecule has 2 amide bonds. The minimum atomic E-state index is -3.23. The largest absolute Gasteiger partial charge is 0.322 e. The molecule has 1 fully saturated rings. The molecule has 2 N–H and O–H groups in total. The van der Waals surface area contributed by atoms with E-state index in [4.69, 9.17) is 0 Å². The number of anilines is 3. The second kappa shape index (κ2) is 9.93. The first-order valence-electron chi connectivity index (χ1n) is 10.9. The molecule has 34 heavy (non-hydrogen) atoms. The topological polar surface area (TPSA) is 95.6 Å². The van der Waals surface area contributed by atoms with Gasteiger partial charge in [-0.25, -0.2) is 8.42 Å². The first kappa shape index (κ1) is 23.3. The van der Waals surface area contributed by atoms with Crippen LogP contribution in [0.1, 0.15) is 27.9 Å². The van der Waals surface area contributed by atoms with Crippen molar-refractivity contribution < 1.29 is 18.0 Å². The zero-order valence-electron chi connectivity index (χ0n) is 18.7. The Labute approximate surface area is 199 Å². The Balaban J connectivity index is 1.42. The van der Waals surface area contributed by atoms with E-state index in [9.17, 15) is 18.0 Å². The van der Waals surface area contributed by atoms with Gasteiger partial charge in [0.25, 0.3) is 5.91 Å². The van der Waals surface area contributed by atoms with Gasteiger partial charge in [0.05, 0.1) is 22.7 Å². The lowest BCUT2D eigenvalue weighted by Crippen LogP contribution is -2.24. The van der Waals surface area contributed by atoms with Crippen LogP contribution in [0.4, 0.5) is 17.1 Å². The number of hydrogen-bond donors (Lipinski definition) is 2. The van der Waals surface area contributed by atoms with Gasteiger partial charge in [-0.15, -0.1) is 0 Å². The molecule has 1 aliphatic rings. The van der Waals surface area contributed by atoms with Crippen LogP contribution in [0.5, 0.6) is 0 Å². The highest BCUT2D eigenvalue weighted by Gasteiger charge is 2.28. The summed E-state index contributed by atoms with van der Waals surface area (Å²) in [6.45, 7) is 2.43. The third-order valence-corrected chi connectivity index (χ3v) is 7.28. The summed E-state index contributed by atoms with van der Waals surface area (Å²) in [6, 6.07) is 21.2. The monoisotopic (exact) mass is 475 g/mol. The van der Waals surface area contributed by atoms with Gasteiger partial charge in [0, 0.05) is 18.3 Å². The Hall–Kier alpha value is -3.91. The zero-order chi connectivity index (χ0) is 24.1. The lowest BCUT2D eigenvalue weighted by atomic mass is 10.1. The lowest BCUT2D eigenvalue weighted by Gasteiger charge is -2.16. The molecule has 1 saturated heterocycles. The Bertz CT molecular complexity index is 1350. The minimum absolute atomic E-state index is 0.166. The normalized spacial score (nSPS) is 14.8. The Morgan fingerprint density at radius 1 is 0.941 bits per heavy atom. The number of carbonyl (C=O) groups excluding carboxylic acids is 2. The number of nitrogens with one attached hydrogen (secondary N) is 2. The molecule has 174 valence electrons. The van der Waals surface area contributed by atoms with Crippen LogP contribution in [0.2, 0.25) is 0 Å². The molecule has 7 nitrogen and oxygen atoms in total. The fourth-order valence-corrected chi connectivity index (χ4v) is 5.30. The fraction of sp³-hybridized carbons (Fsp3) is 0.154. The predicted octanol–water partition coefficient (Wildman–Crippen LogP) is 4.44. The number of para-hydroxylation sites is 1. The summed E-state index contributed by atoms with van der Waals surface area (Å²) >= 11 is 0. The number of rotatable bonds is 6. The number of benzene rings is 3. The number of nitrogens with zero attached hydrogens (tertiary/aromatic N) is 1. The van der Waals surface area contributed by atoms with E-state index in [1.54, 1.807) is 60.7 Å². The predicted molar refractivity (Wildman–Crippen MR) is 135 cm³/mol. The van der Waals surface area contributed by atoms with Gasteiger partial charge in [0.15, 0.2) is 0 Å². The average Bonchev–Trinajstić information content (AvgIpc) is 3.17. The van der Waals surface area contributed by atoms with Crippen molar-refractivity contribution in [2.45, 2.75) is 13.3 Å². The van der Waals surface area contributed by atoms with Crippen molar-refractivity contribution in [2.24, 2.45) is 0 Å². The Morgan fingerprint density at radius 2 is 1.71 bits per heavy atom. The van der Waals surface area contributed by atoms with Gasteiger partial charge < -0.3 is 10.6 Å². The molecule has 3 aromatic rings. The fourth-order valence-electron chi connectivity index (χ4n) is 3.74. The maximum atomic E-state index is 12.8. The highest BCUT2D eigenvalue weighted by atomic mass is 32.2. The molecule has 1 aliphatic heterocycles. The third-order valence-electron chi connectivity index (χ3n) is 5.41. The van der Waals surface area contributed by atoms with Crippen molar-refractivity contribution in [3.05, 3.63) is 95.6 Å². The molecular weight excluding hydrogens is 450 g/mol. The first-order valence-corrected chi connectivity index (χ1v) is 12.5. The summed E-state index contributed by atoms with van der Waals surface area (Å²) in [5.41, 5.74) is 3.82. The molecule has 0 aromatic heterocycles. The lowest BCUT2D eigenvalue weighted by molar-refractivity contribution is -0.111. The van der Waals surface area contributed by atoms with E-state index in [0.717, 1.165) is 11.1 Å². The van der Waals surface area contributed by atoms with Gasteiger partial charge >= 0.3 is 0 Å². The molecule has 8 heteroatoms. The number of aryl methyl sites for hydroxylation is 1. The maximum Gasteiger partial charge on any atom is 0.257 e. The second-order valence-electron chi connectivity index (χ2n) is 8.03. The minimum Gasteiger partial charge on any atom is -0.322 e.